The normalized spacial score (nSPS) is 11.9. The number of hydrogen-bond acceptors (Lipinski definition) is 4. The van der Waals surface area contributed by atoms with Gasteiger partial charge in [-0.1, -0.05) is 20.3 Å². The van der Waals surface area contributed by atoms with E-state index in [9.17, 15) is 4.79 Å². The van der Waals surface area contributed by atoms with E-state index < -0.39 is 6.10 Å². The Balaban J connectivity index is 2.40. The maximum Gasteiger partial charge on any atom is 0.260 e. The fourth-order valence-electron chi connectivity index (χ4n) is 1.63. The third-order valence-corrected chi connectivity index (χ3v) is 2.87. The van der Waals surface area contributed by atoms with Gasteiger partial charge in [-0.2, -0.15) is 0 Å². The van der Waals surface area contributed by atoms with Crippen LogP contribution in [0.4, 0.5) is 0 Å². The summed E-state index contributed by atoms with van der Waals surface area (Å²) >= 11 is 0. The zero-order chi connectivity index (χ0) is 14.8. The number of unbranched alkanes of at least 4 members (excludes halogenated alkanes) is 1. The molecule has 1 aromatic rings. The number of hydrogen-bond donors (Lipinski definition) is 2. The summed E-state index contributed by atoms with van der Waals surface area (Å²) in [5, 5.41) is 6.05. The van der Waals surface area contributed by atoms with Crippen LogP contribution in [0.15, 0.2) is 18.3 Å². The third kappa shape index (κ3) is 6.02. The molecule has 0 bridgehead atoms. The summed E-state index contributed by atoms with van der Waals surface area (Å²) in [4.78, 5) is 16.0. The monoisotopic (exact) mass is 279 g/mol. The van der Waals surface area contributed by atoms with Crippen molar-refractivity contribution in [1.29, 1.82) is 0 Å². The summed E-state index contributed by atoms with van der Waals surface area (Å²) in [6.07, 6.45) is 3.20. The molecule has 1 rings (SSSR count). The van der Waals surface area contributed by atoms with Crippen LogP contribution in [-0.4, -0.2) is 30.1 Å². The topological polar surface area (TPSA) is 63.2 Å². The molecular formula is C15H25N3O2. The molecule has 1 amide bonds. The summed E-state index contributed by atoms with van der Waals surface area (Å²) in [7, 11) is 0. The van der Waals surface area contributed by atoms with Crippen molar-refractivity contribution in [2.45, 2.75) is 46.3 Å². The van der Waals surface area contributed by atoms with Crippen LogP contribution in [0.25, 0.3) is 0 Å². The standard InChI is InChI=1S/C15H25N3O2/c1-4-6-9-17-15(19)12(3)20-14-8-7-13(18-11-14)10-16-5-2/h7-8,11-12,16H,4-6,9-10H2,1-3H3,(H,17,19). The highest BCUT2D eigenvalue weighted by Gasteiger charge is 2.13. The molecule has 112 valence electrons. The molecule has 2 N–H and O–H groups in total. The molecule has 0 aliphatic rings. The van der Waals surface area contributed by atoms with Crippen molar-refractivity contribution in [1.82, 2.24) is 15.6 Å². The van der Waals surface area contributed by atoms with Gasteiger partial charge in [0.25, 0.3) is 5.91 Å². The number of pyridine rings is 1. The molecule has 20 heavy (non-hydrogen) atoms. The number of carbonyl (C=O) groups is 1. The van der Waals surface area contributed by atoms with Gasteiger partial charge in [0, 0.05) is 13.1 Å². The Labute approximate surface area is 121 Å². The molecular weight excluding hydrogens is 254 g/mol. The highest BCUT2D eigenvalue weighted by molar-refractivity contribution is 5.80. The van der Waals surface area contributed by atoms with Crippen molar-refractivity contribution in [2.24, 2.45) is 0 Å². The Hall–Kier alpha value is -1.62. The van der Waals surface area contributed by atoms with Crippen molar-refractivity contribution in [3.05, 3.63) is 24.0 Å². The molecule has 0 radical (unpaired) electrons. The van der Waals surface area contributed by atoms with E-state index in [2.05, 4.69) is 29.5 Å². The predicted octanol–water partition coefficient (Wildman–Crippen LogP) is 1.87. The molecule has 0 aromatic carbocycles. The maximum atomic E-state index is 11.8. The lowest BCUT2D eigenvalue weighted by atomic mass is 10.3. The molecule has 1 atom stereocenters. The summed E-state index contributed by atoms with van der Waals surface area (Å²) in [6.45, 7) is 8.23. The van der Waals surface area contributed by atoms with Crippen molar-refractivity contribution in [3.8, 4) is 5.75 Å². The van der Waals surface area contributed by atoms with Gasteiger partial charge in [-0.3, -0.25) is 9.78 Å². The highest BCUT2D eigenvalue weighted by Crippen LogP contribution is 2.11. The molecule has 0 aliphatic heterocycles. The van der Waals surface area contributed by atoms with Gasteiger partial charge in [0.15, 0.2) is 6.10 Å². The predicted molar refractivity (Wildman–Crippen MR) is 79.6 cm³/mol. The average Bonchev–Trinajstić information content (AvgIpc) is 2.46. The van der Waals surface area contributed by atoms with Crippen LogP contribution in [0.1, 0.15) is 39.3 Å². The van der Waals surface area contributed by atoms with Crippen LogP contribution in [0.3, 0.4) is 0 Å². The molecule has 0 aliphatic carbocycles. The van der Waals surface area contributed by atoms with Crippen LogP contribution in [0.2, 0.25) is 0 Å². The Morgan fingerprint density at radius 1 is 1.40 bits per heavy atom. The highest BCUT2D eigenvalue weighted by atomic mass is 16.5. The van der Waals surface area contributed by atoms with Gasteiger partial charge >= 0.3 is 0 Å². The summed E-state index contributed by atoms with van der Waals surface area (Å²) in [5.74, 6) is 0.526. The molecule has 1 aromatic heterocycles. The SMILES string of the molecule is CCCCNC(=O)C(C)Oc1ccc(CNCC)nc1. The lowest BCUT2D eigenvalue weighted by Crippen LogP contribution is -2.36. The fraction of sp³-hybridized carbons (Fsp3) is 0.600. The summed E-state index contributed by atoms with van der Waals surface area (Å²) in [5.41, 5.74) is 0.958. The minimum absolute atomic E-state index is 0.0878. The molecule has 5 heteroatoms. The van der Waals surface area contributed by atoms with Gasteiger partial charge < -0.3 is 15.4 Å². The molecule has 0 saturated carbocycles. The van der Waals surface area contributed by atoms with E-state index in [1.54, 1.807) is 13.1 Å². The van der Waals surface area contributed by atoms with E-state index >= 15 is 0 Å². The number of amides is 1. The van der Waals surface area contributed by atoms with E-state index in [0.717, 1.165) is 31.6 Å². The zero-order valence-corrected chi connectivity index (χ0v) is 12.6. The first-order valence-electron chi connectivity index (χ1n) is 7.27. The van der Waals surface area contributed by atoms with Crippen LogP contribution in [0, 0.1) is 0 Å². The van der Waals surface area contributed by atoms with Gasteiger partial charge in [-0.25, -0.2) is 0 Å². The van der Waals surface area contributed by atoms with Gasteiger partial charge in [-0.05, 0) is 32.0 Å². The first-order chi connectivity index (χ1) is 9.67. The van der Waals surface area contributed by atoms with Crippen molar-refractivity contribution in [2.75, 3.05) is 13.1 Å². The first-order valence-corrected chi connectivity index (χ1v) is 7.27. The zero-order valence-electron chi connectivity index (χ0n) is 12.6. The van der Waals surface area contributed by atoms with Gasteiger partial charge in [0.1, 0.15) is 5.75 Å². The number of carbonyl (C=O) groups excluding carboxylic acids is 1. The smallest absolute Gasteiger partial charge is 0.260 e. The number of aromatic nitrogens is 1. The Morgan fingerprint density at radius 2 is 2.20 bits per heavy atom. The second kappa shape index (κ2) is 9.31. The minimum Gasteiger partial charge on any atom is -0.479 e. The number of ether oxygens (including phenoxy) is 1. The second-order valence-electron chi connectivity index (χ2n) is 4.67. The van der Waals surface area contributed by atoms with E-state index in [1.165, 1.54) is 0 Å². The lowest BCUT2D eigenvalue weighted by Gasteiger charge is -2.14. The van der Waals surface area contributed by atoms with Crippen molar-refractivity contribution in [3.63, 3.8) is 0 Å². The molecule has 1 unspecified atom stereocenters. The van der Waals surface area contributed by atoms with Crippen LogP contribution in [-0.2, 0) is 11.3 Å². The maximum absolute atomic E-state index is 11.8. The van der Waals surface area contributed by atoms with Crippen molar-refractivity contribution < 1.29 is 9.53 Å². The number of nitrogens with zero attached hydrogens (tertiary/aromatic N) is 1. The molecule has 5 nitrogen and oxygen atoms in total. The summed E-state index contributed by atoms with van der Waals surface area (Å²) < 4.78 is 5.57. The van der Waals surface area contributed by atoms with Crippen LogP contribution < -0.4 is 15.4 Å². The van der Waals surface area contributed by atoms with Crippen LogP contribution in [0.5, 0.6) is 5.75 Å². The Bertz CT molecular complexity index is 393. The molecule has 0 fully saturated rings. The van der Waals surface area contributed by atoms with E-state index in [0.29, 0.717) is 12.3 Å². The van der Waals surface area contributed by atoms with Gasteiger partial charge in [-0.15, -0.1) is 0 Å². The quantitative estimate of drug-likeness (QED) is 0.677. The van der Waals surface area contributed by atoms with Crippen LogP contribution >= 0.6 is 0 Å². The molecule has 0 spiro atoms. The molecule has 0 saturated heterocycles. The number of rotatable bonds is 9. The van der Waals surface area contributed by atoms with Gasteiger partial charge in [0.05, 0.1) is 11.9 Å². The van der Waals surface area contributed by atoms with E-state index in [4.69, 9.17) is 4.74 Å². The minimum atomic E-state index is -0.506. The lowest BCUT2D eigenvalue weighted by molar-refractivity contribution is -0.127. The molecule has 1 heterocycles. The average molecular weight is 279 g/mol. The largest absolute Gasteiger partial charge is 0.479 e. The first kappa shape index (κ1) is 16.4. The van der Waals surface area contributed by atoms with Gasteiger partial charge in [0.2, 0.25) is 0 Å². The van der Waals surface area contributed by atoms with E-state index in [-0.39, 0.29) is 5.91 Å². The van der Waals surface area contributed by atoms with Crippen molar-refractivity contribution >= 4 is 5.91 Å². The third-order valence-electron chi connectivity index (χ3n) is 2.87. The Kier molecular flexibility index (Phi) is 7.65. The summed E-state index contributed by atoms with van der Waals surface area (Å²) in [6, 6.07) is 3.75. The second-order valence-corrected chi connectivity index (χ2v) is 4.67. The number of nitrogens with one attached hydrogen (secondary N) is 2. The fourth-order valence-corrected chi connectivity index (χ4v) is 1.63. The van der Waals surface area contributed by atoms with E-state index in [1.807, 2.05) is 12.1 Å². The Morgan fingerprint density at radius 3 is 2.80 bits per heavy atom.